The molecule has 3 rings (SSSR count). The highest BCUT2D eigenvalue weighted by atomic mass is 16.6. The molecule has 1 aliphatic heterocycles. The van der Waals surface area contributed by atoms with Crippen LogP contribution in [0.1, 0.15) is 31.2 Å². The average Bonchev–Trinajstić information content (AvgIpc) is 3.13. The summed E-state index contributed by atoms with van der Waals surface area (Å²) in [6.07, 6.45) is 3.29. The van der Waals surface area contributed by atoms with Gasteiger partial charge in [-0.15, -0.1) is 0 Å². The lowest BCUT2D eigenvalue weighted by molar-refractivity contribution is -0.469. The molecule has 2 fully saturated rings. The first kappa shape index (κ1) is 16.4. The molecule has 24 heavy (non-hydrogen) atoms. The van der Waals surface area contributed by atoms with Gasteiger partial charge in [-0.1, -0.05) is 36.8 Å². The van der Waals surface area contributed by atoms with Gasteiger partial charge >= 0.3 is 5.97 Å². The molecule has 0 bridgehead atoms. The van der Waals surface area contributed by atoms with E-state index in [-0.39, 0.29) is 18.6 Å². The van der Waals surface area contributed by atoms with Crippen LogP contribution in [0.15, 0.2) is 30.3 Å². The van der Waals surface area contributed by atoms with E-state index in [9.17, 15) is 19.7 Å². The van der Waals surface area contributed by atoms with Crippen LogP contribution in [0.5, 0.6) is 0 Å². The highest BCUT2D eigenvalue weighted by Gasteiger charge is 2.50. The molecule has 128 valence electrons. The van der Waals surface area contributed by atoms with Gasteiger partial charge in [0.1, 0.15) is 12.6 Å². The molecule has 0 aromatic heterocycles. The van der Waals surface area contributed by atoms with Crippen molar-refractivity contribution in [2.45, 2.75) is 44.4 Å². The number of esters is 1. The fourth-order valence-electron chi connectivity index (χ4n) is 3.88. The molecular weight excluding hydrogens is 312 g/mol. The van der Waals surface area contributed by atoms with Gasteiger partial charge in [0, 0.05) is 11.0 Å². The third-order valence-corrected chi connectivity index (χ3v) is 4.89. The monoisotopic (exact) mass is 332 g/mol. The van der Waals surface area contributed by atoms with E-state index >= 15 is 0 Å². The third-order valence-electron chi connectivity index (χ3n) is 4.89. The Hall–Kier alpha value is -2.44. The topological polar surface area (TPSA) is 89.8 Å². The summed E-state index contributed by atoms with van der Waals surface area (Å²) in [6.45, 7) is -0.630. The molecule has 1 amide bonds. The van der Waals surface area contributed by atoms with E-state index < -0.39 is 29.4 Å². The van der Waals surface area contributed by atoms with Crippen LogP contribution in [-0.2, 0) is 20.9 Å². The van der Waals surface area contributed by atoms with Gasteiger partial charge in [-0.25, -0.2) is 4.79 Å². The van der Waals surface area contributed by atoms with E-state index in [1.165, 1.54) is 4.90 Å². The number of carbonyl (C=O) groups excluding carboxylic acids is 2. The van der Waals surface area contributed by atoms with Crippen molar-refractivity contribution in [1.82, 2.24) is 4.90 Å². The maximum absolute atomic E-state index is 12.5. The lowest BCUT2D eigenvalue weighted by Gasteiger charge is -2.27. The van der Waals surface area contributed by atoms with Crippen LogP contribution < -0.4 is 0 Å². The number of likely N-dealkylation sites (tertiary alicyclic amines) is 1. The Kier molecular flexibility index (Phi) is 4.78. The van der Waals surface area contributed by atoms with E-state index in [1.54, 1.807) is 0 Å². The van der Waals surface area contributed by atoms with Crippen LogP contribution in [0, 0.1) is 16.0 Å². The Labute approximate surface area is 139 Å². The molecule has 3 atom stereocenters. The Morgan fingerprint density at radius 1 is 1.25 bits per heavy atom. The van der Waals surface area contributed by atoms with Crippen molar-refractivity contribution in [2.75, 3.05) is 6.54 Å². The molecule has 1 heterocycles. The fraction of sp³-hybridized carbons (Fsp3) is 0.529. The minimum Gasteiger partial charge on any atom is -0.459 e. The molecule has 2 aliphatic rings. The van der Waals surface area contributed by atoms with Gasteiger partial charge in [0.2, 0.25) is 0 Å². The number of benzene rings is 1. The van der Waals surface area contributed by atoms with Crippen LogP contribution in [0.4, 0.5) is 0 Å². The Bertz CT molecular complexity index is 633. The third kappa shape index (κ3) is 3.39. The second kappa shape index (κ2) is 6.98. The van der Waals surface area contributed by atoms with Gasteiger partial charge in [-0.3, -0.25) is 14.9 Å². The number of hydrogen-bond donors (Lipinski definition) is 0. The van der Waals surface area contributed by atoms with E-state index in [0.29, 0.717) is 6.42 Å². The first-order valence-corrected chi connectivity index (χ1v) is 8.20. The van der Waals surface area contributed by atoms with Crippen molar-refractivity contribution >= 4 is 11.9 Å². The summed E-state index contributed by atoms with van der Waals surface area (Å²) < 4.78 is 5.36. The maximum atomic E-state index is 12.5. The molecule has 1 saturated heterocycles. The van der Waals surface area contributed by atoms with Gasteiger partial charge in [-0.2, -0.15) is 0 Å². The zero-order valence-corrected chi connectivity index (χ0v) is 13.3. The summed E-state index contributed by atoms with van der Waals surface area (Å²) in [6, 6.07) is 8.54. The molecule has 0 N–H and O–H groups in total. The molecule has 1 aromatic rings. The molecule has 1 aliphatic carbocycles. The quantitative estimate of drug-likeness (QED) is 0.466. The fourth-order valence-corrected chi connectivity index (χ4v) is 3.88. The standard InChI is InChI=1S/C17H20N2O5/c20-16(10-18(22)23)19-14-8-4-7-13(14)9-15(19)17(21)24-11-12-5-2-1-3-6-12/h1-3,5-6,13-15H,4,7-11H2/t13-,14-,15-/m1/s1. The second-order valence-corrected chi connectivity index (χ2v) is 6.39. The molecule has 1 aromatic carbocycles. The van der Waals surface area contributed by atoms with Crippen LogP contribution in [0.25, 0.3) is 0 Å². The van der Waals surface area contributed by atoms with Gasteiger partial charge in [0.05, 0.1) is 0 Å². The number of nitrogens with zero attached hydrogens (tertiary/aromatic N) is 2. The van der Waals surface area contributed by atoms with Crippen molar-refractivity contribution in [3.63, 3.8) is 0 Å². The lowest BCUT2D eigenvalue weighted by Crippen LogP contribution is -2.47. The average molecular weight is 332 g/mol. The first-order valence-electron chi connectivity index (χ1n) is 8.20. The van der Waals surface area contributed by atoms with Gasteiger partial charge in [0.15, 0.2) is 0 Å². The minimum absolute atomic E-state index is 0.0632. The molecule has 7 nitrogen and oxygen atoms in total. The number of ether oxygens (including phenoxy) is 1. The molecule has 0 spiro atoms. The zero-order valence-electron chi connectivity index (χ0n) is 13.3. The molecule has 0 radical (unpaired) electrons. The van der Waals surface area contributed by atoms with E-state index in [2.05, 4.69) is 0 Å². The maximum Gasteiger partial charge on any atom is 0.329 e. The van der Waals surface area contributed by atoms with Crippen LogP contribution >= 0.6 is 0 Å². The number of hydrogen-bond acceptors (Lipinski definition) is 5. The SMILES string of the molecule is O=C(OCc1ccccc1)[C@H]1C[C@H]2CCC[C@H]2N1C(=O)C[N+](=O)[O-]. The van der Waals surface area contributed by atoms with Crippen molar-refractivity contribution in [1.29, 1.82) is 0 Å². The van der Waals surface area contributed by atoms with Gasteiger partial charge in [0.25, 0.3) is 12.5 Å². The first-order chi connectivity index (χ1) is 11.6. The minimum atomic E-state index is -0.772. The number of nitro groups is 1. The number of carbonyl (C=O) groups is 2. The number of amides is 1. The van der Waals surface area contributed by atoms with Crippen molar-refractivity contribution in [2.24, 2.45) is 5.92 Å². The number of rotatable bonds is 5. The summed E-state index contributed by atoms with van der Waals surface area (Å²) in [5.74, 6) is -0.809. The lowest BCUT2D eigenvalue weighted by atomic mass is 10.0. The van der Waals surface area contributed by atoms with Crippen molar-refractivity contribution < 1.29 is 19.2 Å². The Morgan fingerprint density at radius 3 is 2.71 bits per heavy atom. The largest absolute Gasteiger partial charge is 0.459 e. The normalized spacial score (nSPS) is 25.3. The highest BCUT2D eigenvalue weighted by molar-refractivity contribution is 5.86. The molecule has 1 saturated carbocycles. The van der Waals surface area contributed by atoms with E-state index in [0.717, 1.165) is 24.8 Å². The van der Waals surface area contributed by atoms with Gasteiger partial charge < -0.3 is 9.64 Å². The predicted octanol–water partition coefficient (Wildman–Crippen LogP) is 1.78. The molecule has 0 unspecified atom stereocenters. The summed E-state index contributed by atoms with van der Waals surface area (Å²) in [5, 5.41) is 10.7. The van der Waals surface area contributed by atoms with E-state index in [4.69, 9.17) is 4.74 Å². The van der Waals surface area contributed by atoms with Crippen molar-refractivity contribution in [3.8, 4) is 0 Å². The van der Waals surface area contributed by atoms with E-state index in [1.807, 2.05) is 30.3 Å². The summed E-state index contributed by atoms with van der Waals surface area (Å²) in [5.41, 5.74) is 0.868. The van der Waals surface area contributed by atoms with Crippen molar-refractivity contribution in [3.05, 3.63) is 46.0 Å². The number of fused-ring (bicyclic) bond motifs is 1. The summed E-state index contributed by atoms with van der Waals surface area (Å²) in [4.78, 5) is 36.2. The smallest absolute Gasteiger partial charge is 0.329 e. The van der Waals surface area contributed by atoms with Crippen LogP contribution in [0.2, 0.25) is 0 Å². The molecule has 7 heteroatoms. The van der Waals surface area contributed by atoms with Crippen LogP contribution in [-0.4, -0.2) is 40.3 Å². The summed E-state index contributed by atoms with van der Waals surface area (Å²) in [7, 11) is 0. The predicted molar refractivity (Wildman–Crippen MR) is 84.5 cm³/mol. The Morgan fingerprint density at radius 2 is 2.00 bits per heavy atom. The highest BCUT2D eigenvalue weighted by Crippen LogP contribution is 2.41. The Balaban J connectivity index is 1.68. The molecular formula is C17H20N2O5. The second-order valence-electron chi connectivity index (χ2n) is 6.39. The van der Waals surface area contributed by atoms with Gasteiger partial charge in [-0.05, 0) is 30.7 Å². The summed E-state index contributed by atoms with van der Waals surface area (Å²) >= 11 is 0. The van der Waals surface area contributed by atoms with Crippen LogP contribution in [0.3, 0.4) is 0 Å². The zero-order chi connectivity index (χ0) is 17.1.